The number of aliphatic carboxylic acids is 1. The number of nitrogens with two attached hydrogens (primary N) is 1. The van der Waals surface area contributed by atoms with Crippen molar-refractivity contribution in [2.75, 3.05) is 0 Å². The van der Waals surface area contributed by atoms with Gasteiger partial charge in [0.1, 0.15) is 23.9 Å². The van der Waals surface area contributed by atoms with Gasteiger partial charge in [0, 0.05) is 12.8 Å². The zero-order chi connectivity index (χ0) is 31.4. The monoisotopic (exact) mass is 588 g/mol. The van der Waals surface area contributed by atoms with Crippen LogP contribution < -0.4 is 21.7 Å². The molecule has 0 bridgehead atoms. The van der Waals surface area contributed by atoms with Gasteiger partial charge < -0.3 is 31.9 Å². The van der Waals surface area contributed by atoms with Crippen molar-refractivity contribution in [3.8, 4) is 5.75 Å². The maximum Gasteiger partial charge on any atom is 0.326 e. The van der Waals surface area contributed by atoms with Gasteiger partial charge in [-0.15, -0.1) is 0 Å². The highest BCUT2D eigenvalue weighted by atomic mass is 16.4. The summed E-state index contributed by atoms with van der Waals surface area (Å²) in [5.74, 6) is -3.30. The number of benzene rings is 3. The van der Waals surface area contributed by atoms with Gasteiger partial charge in [-0.2, -0.15) is 0 Å². The molecular formula is C33H40N4O6. The standard InChI is InChI=1S/C33H40N4O6/c1-3-21(2)29(32(41)36-28(33(42)43)20-24-14-16-25(38)17-15-24)37-31(40)27(19-23-12-8-5-9-13-23)35-30(39)26(34)18-22-10-6-4-7-11-22/h4-17,21,26-29,38H,3,18-20,34H2,1-2H3,(H,35,39)(H,36,41)(H,37,40)(H,42,43)/t21-,26-,27-,28-,29-/m0/s1. The second-order valence-electron chi connectivity index (χ2n) is 10.7. The number of carboxylic acid groups (broad SMARTS) is 1. The molecule has 228 valence electrons. The van der Waals surface area contributed by atoms with Gasteiger partial charge in [0.15, 0.2) is 0 Å². The quantitative estimate of drug-likeness (QED) is 0.158. The number of rotatable bonds is 15. The first-order chi connectivity index (χ1) is 20.6. The summed E-state index contributed by atoms with van der Waals surface area (Å²) in [6, 6.07) is 20.2. The maximum absolute atomic E-state index is 13.7. The third-order valence-corrected chi connectivity index (χ3v) is 7.33. The minimum absolute atomic E-state index is 0.0193. The molecule has 10 heteroatoms. The summed E-state index contributed by atoms with van der Waals surface area (Å²) in [5.41, 5.74) is 8.46. The van der Waals surface area contributed by atoms with E-state index in [2.05, 4.69) is 16.0 Å². The molecule has 0 saturated heterocycles. The highest BCUT2D eigenvalue weighted by molar-refractivity contribution is 5.94. The van der Waals surface area contributed by atoms with E-state index in [4.69, 9.17) is 5.73 Å². The lowest BCUT2D eigenvalue weighted by Gasteiger charge is -2.28. The number of nitrogens with one attached hydrogen (secondary N) is 3. The van der Waals surface area contributed by atoms with E-state index in [0.29, 0.717) is 12.0 Å². The molecule has 0 saturated carbocycles. The second-order valence-corrected chi connectivity index (χ2v) is 10.7. The molecule has 0 fully saturated rings. The topological polar surface area (TPSA) is 171 Å². The fraction of sp³-hybridized carbons (Fsp3) is 0.333. The van der Waals surface area contributed by atoms with Crippen molar-refractivity contribution in [3.05, 3.63) is 102 Å². The van der Waals surface area contributed by atoms with Gasteiger partial charge in [-0.25, -0.2) is 4.79 Å². The predicted molar refractivity (Wildman–Crippen MR) is 163 cm³/mol. The number of hydrogen-bond acceptors (Lipinski definition) is 6. The molecule has 3 aromatic rings. The Morgan fingerprint density at radius 1 is 0.674 bits per heavy atom. The van der Waals surface area contributed by atoms with Crippen molar-refractivity contribution in [1.29, 1.82) is 0 Å². The number of carbonyl (C=O) groups is 4. The van der Waals surface area contributed by atoms with Crippen LogP contribution in [0.2, 0.25) is 0 Å². The van der Waals surface area contributed by atoms with Gasteiger partial charge in [-0.05, 0) is 41.2 Å². The van der Waals surface area contributed by atoms with Gasteiger partial charge in [0.05, 0.1) is 6.04 Å². The van der Waals surface area contributed by atoms with Crippen molar-refractivity contribution in [1.82, 2.24) is 16.0 Å². The molecule has 3 aromatic carbocycles. The van der Waals surface area contributed by atoms with Gasteiger partial charge in [-0.1, -0.05) is 93.1 Å². The molecule has 3 rings (SSSR count). The molecule has 3 amide bonds. The van der Waals surface area contributed by atoms with E-state index in [1.807, 2.05) is 67.6 Å². The Morgan fingerprint density at radius 2 is 1.16 bits per heavy atom. The van der Waals surface area contributed by atoms with Crippen LogP contribution >= 0.6 is 0 Å². The molecule has 0 aromatic heterocycles. The van der Waals surface area contributed by atoms with Gasteiger partial charge >= 0.3 is 5.97 Å². The SMILES string of the molecule is CC[C@H](C)[C@H](NC(=O)[C@H](Cc1ccccc1)NC(=O)[C@@H](N)Cc1ccccc1)C(=O)N[C@@H](Cc1ccc(O)cc1)C(=O)O. The van der Waals surface area contributed by atoms with Crippen LogP contribution in [-0.4, -0.2) is 58.1 Å². The van der Waals surface area contributed by atoms with E-state index in [0.717, 1.165) is 11.1 Å². The summed E-state index contributed by atoms with van der Waals surface area (Å²) in [7, 11) is 0. The molecule has 0 aliphatic rings. The molecule has 0 heterocycles. The average molecular weight is 589 g/mol. The van der Waals surface area contributed by atoms with Crippen LogP contribution in [0, 0.1) is 5.92 Å². The van der Waals surface area contributed by atoms with Crippen LogP contribution in [0.3, 0.4) is 0 Å². The zero-order valence-electron chi connectivity index (χ0n) is 24.4. The summed E-state index contributed by atoms with van der Waals surface area (Å²) in [5, 5.41) is 27.4. The molecule has 0 aliphatic heterocycles. The molecule has 5 atom stereocenters. The lowest BCUT2D eigenvalue weighted by atomic mass is 9.96. The number of phenolic OH excluding ortho intramolecular Hbond substituents is 1. The molecule has 43 heavy (non-hydrogen) atoms. The Hall–Kier alpha value is -4.70. The zero-order valence-corrected chi connectivity index (χ0v) is 24.4. The van der Waals surface area contributed by atoms with Crippen LogP contribution in [0.5, 0.6) is 5.75 Å². The highest BCUT2D eigenvalue weighted by Gasteiger charge is 2.33. The van der Waals surface area contributed by atoms with Crippen LogP contribution in [0.15, 0.2) is 84.9 Å². The molecule has 0 radical (unpaired) electrons. The van der Waals surface area contributed by atoms with E-state index in [-0.39, 0.29) is 30.9 Å². The molecule has 7 N–H and O–H groups in total. The van der Waals surface area contributed by atoms with Crippen molar-refractivity contribution in [2.45, 2.75) is 63.7 Å². The summed E-state index contributed by atoms with van der Waals surface area (Å²) < 4.78 is 0. The molecule has 10 nitrogen and oxygen atoms in total. The van der Waals surface area contributed by atoms with E-state index < -0.39 is 47.9 Å². The Kier molecular flexibility index (Phi) is 12.3. The second kappa shape index (κ2) is 16.1. The number of hydrogen-bond donors (Lipinski definition) is 6. The molecular weight excluding hydrogens is 548 g/mol. The number of amides is 3. The Bertz CT molecular complexity index is 1350. The number of aromatic hydroxyl groups is 1. The van der Waals surface area contributed by atoms with Crippen molar-refractivity contribution in [2.24, 2.45) is 11.7 Å². The summed E-state index contributed by atoms with van der Waals surface area (Å²) >= 11 is 0. The van der Waals surface area contributed by atoms with Gasteiger partial charge in [0.25, 0.3) is 0 Å². The van der Waals surface area contributed by atoms with Gasteiger partial charge in [0.2, 0.25) is 17.7 Å². The van der Waals surface area contributed by atoms with E-state index in [1.165, 1.54) is 12.1 Å². The van der Waals surface area contributed by atoms with Crippen LogP contribution in [0.1, 0.15) is 37.0 Å². The first-order valence-corrected chi connectivity index (χ1v) is 14.3. The first-order valence-electron chi connectivity index (χ1n) is 14.3. The number of phenols is 1. The molecule has 0 spiro atoms. The summed E-state index contributed by atoms with van der Waals surface area (Å²) in [6.07, 6.45) is 0.937. The summed E-state index contributed by atoms with van der Waals surface area (Å²) in [4.78, 5) is 52.2. The normalized spacial score (nSPS) is 14.4. The lowest BCUT2D eigenvalue weighted by Crippen LogP contribution is -2.59. The third kappa shape index (κ3) is 10.3. The van der Waals surface area contributed by atoms with E-state index in [1.54, 1.807) is 19.1 Å². The molecule has 0 unspecified atom stereocenters. The Labute approximate surface area is 251 Å². The Morgan fingerprint density at radius 3 is 1.70 bits per heavy atom. The predicted octanol–water partition coefficient (Wildman–Crippen LogP) is 2.33. The summed E-state index contributed by atoms with van der Waals surface area (Å²) in [6.45, 7) is 3.63. The highest BCUT2D eigenvalue weighted by Crippen LogP contribution is 2.14. The maximum atomic E-state index is 13.7. The van der Waals surface area contributed by atoms with Crippen molar-refractivity contribution >= 4 is 23.7 Å². The largest absolute Gasteiger partial charge is 0.508 e. The van der Waals surface area contributed by atoms with E-state index >= 15 is 0 Å². The number of carboxylic acids is 1. The molecule has 0 aliphatic carbocycles. The van der Waals surface area contributed by atoms with E-state index in [9.17, 15) is 29.4 Å². The minimum atomic E-state index is -1.27. The minimum Gasteiger partial charge on any atom is -0.508 e. The van der Waals surface area contributed by atoms with Crippen molar-refractivity contribution < 1.29 is 29.4 Å². The fourth-order valence-corrected chi connectivity index (χ4v) is 4.58. The average Bonchev–Trinajstić information content (AvgIpc) is 3.00. The lowest BCUT2D eigenvalue weighted by molar-refractivity contribution is -0.142. The first kappa shape index (κ1) is 32.8. The third-order valence-electron chi connectivity index (χ3n) is 7.33. The number of carbonyl (C=O) groups excluding carboxylic acids is 3. The van der Waals surface area contributed by atoms with Crippen LogP contribution in [0.25, 0.3) is 0 Å². The Balaban J connectivity index is 1.76. The smallest absolute Gasteiger partial charge is 0.326 e. The van der Waals surface area contributed by atoms with Crippen LogP contribution in [0.4, 0.5) is 0 Å². The van der Waals surface area contributed by atoms with Gasteiger partial charge in [-0.3, -0.25) is 14.4 Å². The van der Waals surface area contributed by atoms with Crippen molar-refractivity contribution in [3.63, 3.8) is 0 Å². The fourth-order valence-electron chi connectivity index (χ4n) is 4.58. The van der Waals surface area contributed by atoms with Crippen LogP contribution in [-0.2, 0) is 38.4 Å².